The van der Waals surface area contributed by atoms with Crippen molar-refractivity contribution in [1.82, 2.24) is 0 Å². The van der Waals surface area contributed by atoms with E-state index in [1.165, 1.54) is 19.1 Å². The maximum Gasteiger partial charge on any atom is 0.417 e. The van der Waals surface area contributed by atoms with Crippen LogP contribution in [0.5, 0.6) is 0 Å². The van der Waals surface area contributed by atoms with Crippen molar-refractivity contribution in [2.45, 2.75) is 18.0 Å². The first-order chi connectivity index (χ1) is 9.88. The summed E-state index contributed by atoms with van der Waals surface area (Å²) in [5.74, 6) is 0. The van der Waals surface area contributed by atoms with E-state index in [0.29, 0.717) is 0 Å². The molecule has 0 aliphatic rings. The Hall–Kier alpha value is -1.20. The summed E-state index contributed by atoms with van der Waals surface area (Å²) in [6.45, 7) is 1.50. The molecule has 0 saturated heterocycles. The molecule has 0 spiro atoms. The molecule has 0 aliphatic carbocycles. The molecule has 2 aromatic carbocycles. The Morgan fingerprint density at radius 3 is 2.05 bits per heavy atom. The highest BCUT2D eigenvalue weighted by molar-refractivity contribution is 9.10. The van der Waals surface area contributed by atoms with E-state index < -0.39 is 11.7 Å². The fraction of sp³-hybridized carbons (Fsp3) is 0.125. The molecule has 0 unspecified atom stereocenters. The van der Waals surface area contributed by atoms with Crippen molar-refractivity contribution >= 4 is 33.3 Å². The van der Waals surface area contributed by atoms with Gasteiger partial charge in [-0.05, 0) is 41.7 Å². The largest absolute Gasteiger partial charge is 0.417 e. The zero-order valence-corrected chi connectivity index (χ0v) is 13.5. The Morgan fingerprint density at radius 2 is 1.52 bits per heavy atom. The summed E-state index contributed by atoms with van der Waals surface area (Å²) < 4.78 is 40.9. The molecule has 0 radical (unpaired) electrons. The lowest BCUT2D eigenvalue weighted by Crippen LogP contribution is -2.12. The van der Waals surface area contributed by atoms with Crippen LogP contribution in [0.1, 0.15) is 12.5 Å². The van der Waals surface area contributed by atoms with Gasteiger partial charge in [0, 0.05) is 9.37 Å². The number of halogens is 4. The molecule has 0 N–H and O–H groups in total. The third-order valence-electron chi connectivity index (χ3n) is 2.78. The molecule has 21 heavy (non-hydrogen) atoms. The Labute approximate surface area is 134 Å². The first kappa shape index (κ1) is 16.2. The molecule has 0 bridgehead atoms. The number of benzene rings is 2. The van der Waals surface area contributed by atoms with Crippen molar-refractivity contribution in [3.63, 3.8) is 0 Å². The van der Waals surface area contributed by atoms with Gasteiger partial charge in [0.25, 0.3) is 0 Å². The van der Waals surface area contributed by atoms with Gasteiger partial charge in [0.2, 0.25) is 0 Å². The normalized spacial score (nSPS) is 13.0. The average molecular weight is 373 g/mol. The molecule has 0 saturated carbocycles. The Morgan fingerprint density at radius 1 is 0.952 bits per heavy atom. The van der Waals surface area contributed by atoms with Crippen LogP contribution in [-0.4, -0.2) is 6.18 Å². The third kappa shape index (κ3) is 4.38. The molecule has 0 amide bonds. The molecule has 110 valence electrons. The number of allylic oxidation sites excluding steroid dienone is 2. The van der Waals surface area contributed by atoms with Gasteiger partial charge in [0.1, 0.15) is 0 Å². The van der Waals surface area contributed by atoms with Crippen LogP contribution in [-0.2, 0) is 0 Å². The third-order valence-corrected chi connectivity index (χ3v) is 4.33. The van der Waals surface area contributed by atoms with E-state index in [-0.39, 0.29) is 10.5 Å². The average Bonchev–Trinajstić information content (AvgIpc) is 2.41. The zero-order valence-electron chi connectivity index (χ0n) is 11.1. The second kappa shape index (κ2) is 6.71. The van der Waals surface area contributed by atoms with Crippen LogP contribution in [0.3, 0.4) is 0 Å². The van der Waals surface area contributed by atoms with Crippen molar-refractivity contribution in [3.8, 4) is 0 Å². The molecule has 0 aromatic heterocycles. The van der Waals surface area contributed by atoms with Crippen molar-refractivity contribution in [3.05, 3.63) is 69.5 Å². The summed E-state index contributed by atoms with van der Waals surface area (Å²) in [6, 6.07) is 15.2. The first-order valence-corrected chi connectivity index (χ1v) is 7.76. The van der Waals surface area contributed by atoms with Gasteiger partial charge in [0.15, 0.2) is 0 Å². The van der Waals surface area contributed by atoms with E-state index in [1.54, 1.807) is 24.3 Å². The van der Waals surface area contributed by atoms with Crippen LogP contribution in [0.4, 0.5) is 13.2 Å². The van der Waals surface area contributed by atoms with Gasteiger partial charge in [-0.3, -0.25) is 0 Å². The standard InChI is InChI=1S/C16H12BrF3S/c1-11(21-14-5-3-2-4-6-14)15(16(18,19)20)12-7-9-13(17)10-8-12/h2-10H,1H3/b15-11+. The molecular formula is C16H12BrF3S. The summed E-state index contributed by atoms with van der Waals surface area (Å²) in [5, 5.41) is 0. The lowest BCUT2D eigenvalue weighted by Gasteiger charge is -2.16. The topological polar surface area (TPSA) is 0 Å². The smallest absolute Gasteiger partial charge is 0.166 e. The number of rotatable bonds is 3. The summed E-state index contributed by atoms with van der Waals surface area (Å²) in [5.41, 5.74) is -0.421. The minimum absolute atomic E-state index is 0.173. The number of hydrogen-bond acceptors (Lipinski definition) is 1. The highest BCUT2D eigenvalue weighted by atomic mass is 79.9. The predicted octanol–water partition coefficient (Wildman–Crippen LogP) is 6.53. The van der Waals surface area contributed by atoms with Gasteiger partial charge in [-0.15, -0.1) is 0 Å². The molecular weight excluding hydrogens is 361 g/mol. The summed E-state index contributed by atoms with van der Waals surface area (Å²) in [7, 11) is 0. The van der Waals surface area contributed by atoms with E-state index in [0.717, 1.165) is 21.1 Å². The van der Waals surface area contributed by atoms with Gasteiger partial charge in [-0.2, -0.15) is 13.2 Å². The number of hydrogen-bond donors (Lipinski definition) is 0. The molecule has 0 atom stereocenters. The minimum Gasteiger partial charge on any atom is -0.166 e. The molecule has 2 rings (SSSR count). The lowest BCUT2D eigenvalue weighted by atomic mass is 10.1. The molecule has 0 nitrogen and oxygen atoms in total. The number of thioether (sulfide) groups is 1. The van der Waals surface area contributed by atoms with Crippen molar-refractivity contribution < 1.29 is 13.2 Å². The molecule has 0 fully saturated rings. The molecule has 2 aromatic rings. The number of alkyl halides is 3. The van der Waals surface area contributed by atoms with Gasteiger partial charge in [-0.1, -0.05) is 58.0 Å². The van der Waals surface area contributed by atoms with Crippen LogP contribution >= 0.6 is 27.7 Å². The summed E-state index contributed by atoms with van der Waals surface area (Å²) >= 11 is 4.36. The van der Waals surface area contributed by atoms with Crippen molar-refractivity contribution in [1.29, 1.82) is 0 Å². The van der Waals surface area contributed by atoms with Crippen LogP contribution < -0.4 is 0 Å². The fourth-order valence-corrected chi connectivity index (χ4v) is 3.15. The molecule has 0 aliphatic heterocycles. The van der Waals surface area contributed by atoms with Crippen LogP contribution in [0.15, 0.2) is 68.9 Å². The second-order valence-corrected chi connectivity index (χ2v) is 6.55. The maximum atomic E-state index is 13.4. The Bertz CT molecular complexity index is 631. The molecule has 5 heteroatoms. The minimum atomic E-state index is -4.39. The van der Waals surface area contributed by atoms with Gasteiger partial charge >= 0.3 is 6.18 Å². The first-order valence-electron chi connectivity index (χ1n) is 6.15. The highest BCUT2D eigenvalue weighted by Gasteiger charge is 2.36. The monoisotopic (exact) mass is 372 g/mol. The lowest BCUT2D eigenvalue weighted by molar-refractivity contribution is -0.0691. The van der Waals surface area contributed by atoms with Gasteiger partial charge in [-0.25, -0.2) is 0 Å². The highest BCUT2D eigenvalue weighted by Crippen LogP contribution is 2.41. The van der Waals surface area contributed by atoms with E-state index in [9.17, 15) is 13.2 Å². The quantitative estimate of drug-likeness (QED) is 0.551. The van der Waals surface area contributed by atoms with Gasteiger partial charge in [0.05, 0.1) is 5.57 Å². The summed E-state index contributed by atoms with van der Waals surface area (Å²) in [4.78, 5) is 1.02. The van der Waals surface area contributed by atoms with E-state index in [1.807, 2.05) is 18.2 Å². The van der Waals surface area contributed by atoms with E-state index >= 15 is 0 Å². The molecule has 0 heterocycles. The second-order valence-electron chi connectivity index (χ2n) is 4.35. The van der Waals surface area contributed by atoms with E-state index in [2.05, 4.69) is 15.9 Å². The predicted molar refractivity (Wildman–Crippen MR) is 85.1 cm³/mol. The van der Waals surface area contributed by atoms with E-state index in [4.69, 9.17) is 0 Å². The fourth-order valence-electron chi connectivity index (χ4n) is 1.90. The maximum absolute atomic E-state index is 13.4. The summed E-state index contributed by atoms with van der Waals surface area (Å²) in [6.07, 6.45) is -4.39. The van der Waals surface area contributed by atoms with Crippen LogP contribution in [0, 0.1) is 0 Å². The van der Waals surface area contributed by atoms with Crippen LogP contribution in [0.2, 0.25) is 0 Å². The Balaban J connectivity index is 2.44. The SMILES string of the molecule is C/C(Sc1ccccc1)=C(/c1ccc(Br)cc1)C(F)(F)F. The zero-order chi connectivity index (χ0) is 15.5. The van der Waals surface area contributed by atoms with Crippen molar-refractivity contribution in [2.24, 2.45) is 0 Å². The van der Waals surface area contributed by atoms with Crippen molar-refractivity contribution in [2.75, 3.05) is 0 Å². The Kier molecular flexibility index (Phi) is 5.17. The van der Waals surface area contributed by atoms with Gasteiger partial charge < -0.3 is 0 Å². The van der Waals surface area contributed by atoms with Crippen LogP contribution in [0.25, 0.3) is 5.57 Å².